The SMILES string of the molecule is Cc1ccc(-c2ccc3c4ccc(-c5ccc(C(F)(F)F)cc5C)cc4n(-c4ccc(-c5cnc(C#N)nc5)cc4C#N)c3c2)c(C(F)(F)F)c1. The van der Waals surface area contributed by atoms with Crippen LogP contribution in [0.25, 0.3) is 60.9 Å². The summed E-state index contributed by atoms with van der Waals surface area (Å²) >= 11 is 0. The van der Waals surface area contributed by atoms with Crippen LogP contribution < -0.4 is 0 Å². The molecule has 0 bridgehead atoms. The average Bonchev–Trinajstić information content (AvgIpc) is 3.43. The van der Waals surface area contributed by atoms with Crippen molar-refractivity contribution < 1.29 is 26.3 Å². The summed E-state index contributed by atoms with van der Waals surface area (Å²) in [6, 6.07) is 27.3. The van der Waals surface area contributed by atoms with Gasteiger partial charge in [-0.1, -0.05) is 54.1 Å². The van der Waals surface area contributed by atoms with Gasteiger partial charge in [0.2, 0.25) is 5.82 Å². The van der Waals surface area contributed by atoms with Crippen LogP contribution in [-0.4, -0.2) is 14.5 Å². The summed E-state index contributed by atoms with van der Waals surface area (Å²) in [5.41, 5.74) is 3.69. The van der Waals surface area contributed by atoms with Crippen LogP contribution in [-0.2, 0) is 12.4 Å². The summed E-state index contributed by atoms with van der Waals surface area (Å²) in [6.07, 6.45) is -6.19. The first-order chi connectivity index (χ1) is 24.3. The predicted molar refractivity (Wildman–Crippen MR) is 182 cm³/mol. The number of hydrogen-bond acceptors (Lipinski definition) is 4. The van der Waals surface area contributed by atoms with Crippen LogP contribution in [0.1, 0.15) is 33.6 Å². The molecule has 0 saturated carbocycles. The first-order valence-electron chi connectivity index (χ1n) is 15.5. The van der Waals surface area contributed by atoms with Crippen LogP contribution in [0.2, 0.25) is 0 Å². The molecule has 0 radical (unpaired) electrons. The Labute approximate surface area is 287 Å². The maximum Gasteiger partial charge on any atom is 0.417 e. The minimum absolute atomic E-state index is 0.00968. The topological polar surface area (TPSA) is 78.3 Å². The highest BCUT2D eigenvalue weighted by Gasteiger charge is 2.34. The zero-order valence-corrected chi connectivity index (χ0v) is 26.8. The number of alkyl halides is 6. The van der Waals surface area contributed by atoms with E-state index in [9.17, 15) is 31.6 Å². The lowest BCUT2D eigenvalue weighted by Crippen LogP contribution is -2.07. The maximum absolute atomic E-state index is 14.3. The number of nitriles is 2. The Hall–Kier alpha value is -6.46. The van der Waals surface area contributed by atoms with Gasteiger partial charge in [-0.25, -0.2) is 9.97 Å². The van der Waals surface area contributed by atoms with Crippen LogP contribution in [0.15, 0.2) is 103 Å². The monoisotopic (exact) mass is 687 g/mol. The van der Waals surface area contributed by atoms with Gasteiger partial charge in [-0.05, 0) is 89.7 Å². The number of aromatic nitrogens is 3. The quantitative estimate of drug-likeness (QED) is 0.173. The van der Waals surface area contributed by atoms with E-state index in [0.717, 1.165) is 23.6 Å². The van der Waals surface area contributed by atoms with Gasteiger partial charge in [0.05, 0.1) is 33.4 Å². The van der Waals surface area contributed by atoms with Gasteiger partial charge in [0.15, 0.2) is 0 Å². The Balaban J connectivity index is 1.50. The van der Waals surface area contributed by atoms with E-state index in [2.05, 4.69) is 16.0 Å². The molecule has 0 saturated heterocycles. The summed E-state index contributed by atoms with van der Waals surface area (Å²) in [4.78, 5) is 8.03. The first kappa shape index (κ1) is 33.1. The van der Waals surface area contributed by atoms with Gasteiger partial charge in [-0.15, -0.1) is 0 Å². The molecule has 7 rings (SSSR count). The Morgan fingerprint density at radius 3 is 1.76 bits per heavy atom. The van der Waals surface area contributed by atoms with E-state index in [1.165, 1.54) is 24.5 Å². The number of fused-ring (bicyclic) bond motifs is 3. The Morgan fingerprint density at radius 2 is 1.20 bits per heavy atom. The lowest BCUT2D eigenvalue weighted by atomic mass is 9.96. The molecule has 5 aromatic carbocycles. The summed E-state index contributed by atoms with van der Waals surface area (Å²) in [6.45, 7) is 3.18. The molecule has 51 heavy (non-hydrogen) atoms. The third kappa shape index (κ3) is 5.93. The second-order valence-corrected chi connectivity index (χ2v) is 12.1. The van der Waals surface area contributed by atoms with Gasteiger partial charge in [-0.3, -0.25) is 0 Å². The fraction of sp³-hybridized carbons (Fsp3) is 0.100. The average molecular weight is 688 g/mol. The van der Waals surface area contributed by atoms with Crippen molar-refractivity contribution in [3.8, 4) is 51.2 Å². The molecule has 0 fully saturated rings. The molecule has 5 nitrogen and oxygen atoms in total. The number of benzene rings is 5. The summed E-state index contributed by atoms with van der Waals surface area (Å²) in [5.74, 6) is -0.0155. The molecule has 0 N–H and O–H groups in total. The van der Waals surface area contributed by atoms with E-state index in [1.807, 2.05) is 12.1 Å². The molecule has 2 heterocycles. The molecule has 0 atom stereocenters. The predicted octanol–water partition coefficient (Wildman–Crippen LogP) is 11.0. The first-order valence-corrected chi connectivity index (χ1v) is 15.5. The smallest absolute Gasteiger partial charge is 0.308 e. The highest BCUT2D eigenvalue weighted by atomic mass is 19.4. The fourth-order valence-electron chi connectivity index (χ4n) is 6.46. The third-order valence-electron chi connectivity index (χ3n) is 8.87. The highest BCUT2D eigenvalue weighted by molar-refractivity contribution is 6.11. The number of hydrogen-bond donors (Lipinski definition) is 0. The highest BCUT2D eigenvalue weighted by Crippen LogP contribution is 2.42. The fourth-order valence-corrected chi connectivity index (χ4v) is 6.46. The third-order valence-corrected chi connectivity index (χ3v) is 8.87. The van der Waals surface area contributed by atoms with E-state index in [4.69, 9.17) is 5.26 Å². The van der Waals surface area contributed by atoms with E-state index in [-0.39, 0.29) is 17.0 Å². The maximum atomic E-state index is 14.3. The van der Waals surface area contributed by atoms with Crippen LogP contribution >= 0.6 is 0 Å². The van der Waals surface area contributed by atoms with Crippen molar-refractivity contribution in [2.45, 2.75) is 26.2 Å². The molecule has 0 amide bonds. The van der Waals surface area contributed by atoms with Crippen LogP contribution in [0.4, 0.5) is 26.3 Å². The van der Waals surface area contributed by atoms with E-state index >= 15 is 0 Å². The second-order valence-electron chi connectivity index (χ2n) is 12.1. The van der Waals surface area contributed by atoms with Crippen molar-refractivity contribution >= 4 is 21.8 Å². The van der Waals surface area contributed by atoms with Crippen LogP contribution in [0.5, 0.6) is 0 Å². The van der Waals surface area contributed by atoms with Gasteiger partial charge in [-0.2, -0.15) is 36.9 Å². The normalized spacial score (nSPS) is 11.9. The Bertz CT molecular complexity index is 2600. The van der Waals surface area contributed by atoms with Crippen molar-refractivity contribution in [1.29, 1.82) is 10.5 Å². The molecule has 2 aromatic heterocycles. The molecule has 250 valence electrons. The lowest BCUT2D eigenvalue weighted by molar-refractivity contribution is -0.138. The molecular weight excluding hydrogens is 664 g/mol. The molecule has 11 heteroatoms. The number of rotatable bonds is 4. The molecule has 0 unspecified atom stereocenters. The van der Waals surface area contributed by atoms with E-state index < -0.39 is 23.5 Å². The minimum atomic E-state index is -4.61. The lowest BCUT2D eigenvalue weighted by Gasteiger charge is -2.15. The van der Waals surface area contributed by atoms with Gasteiger partial charge in [0.25, 0.3) is 0 Å². The number of halogens is 6. The van der Waals surface area contributed by atoms with Gasteiger partial charge < -0.3 is 4.57 Å². The molecule has 0 aliphatic carbocycles. The summed E-state index contributed by atoms with van der Waals surface area (Å²) in [7, 11) is 0. The number of aryl methyl sites for hydroxylation is 2. The van der Waals surface area contributed by atoms with E-state index in [1.54, 1.807) is 73.0 Å². The zero-order valence-electron chi connectivity index (χ0n) is 26.8. The van der Waals surface area contributed by atoms with Crippen molar-refractivity contribution in [2.75, 3.05) is 0 Å². The Kier molecular flexibility index (Phi) is 7.87. The Morgan fingerprint density at radius 1 is 0.588 bits per heavy atom. The minimum Gasteiger partial charge on any atom is -0.308 e. The number of nitrogens with zero attached hydrogens (tertiary/aromatic N) is 5. The van der Waals surface area contributed by atoms with Crippen LogP contribution in [0, 0.1) is 36.5 Å². The van der Waals surface area contributed by atoms with Gasteiger partial charge in [0.1, 0.15) is 12.1 Å². The molecular formula is C40H23F6N5. The largest absolute Gasteiger partial charge is 0.417 e. The van der Waals surface area contributed by atoms with Crippen molar-refractivity contribution in [3.05, 3.63) is 137 Å². The summed E-state index contributed by atoms with van der Waals surface area (Å²) < 4.78 is 85.0. The zero-order chi connectivity index (χ0) is 36.2. The molecule has 0 aliphatic heterocycles. The second kappa shape index (κ2) is 12.1. The summed E-state index contributed by atoms with van der Waals surface area (Å²) in [5, 5.41) is 20.9. The van der Waals surface area contributed by atoms with Crippen molar-refractivity contribution in [3.63, 3.8) is 0 Å². The molecule has 0 aliphatic rings. The van der Waals surface area contributed by atoms with Gasteiger partial charge in [0, 0.05) is 28.7 Å². The van der Waals surface area contributed by atoms with E-state index in [0.29, 0.717) is 61.1 Å². The van der Waals surface area contributed by atoms with Crippen molar-refractivity contribution in [1.82, 2.24) is 14.5 Å². The van der Waals surface area contributed by atoms with Gasteiger partial charge >= 0.3 is 12.4 Å². The van der Waals surface area contributed by atoms with Crippen molar-refractivity contribution in [2.24, 2.45) is 0 Å². The van der Waals surface area contributed by atoms with Crippen LogP contribution in [0.3, 0.4) is 0 Å². The standard InChI is InChI=1S/C40H23F6N5/c1-22-3-8-31(34(13-22)40(44,45)46)26-5-10-33-32-9-4-25(30-11-7-29(14-23(30)2)39(41,42)43)16-36(32)51(37(33)17-26)35-12-6-24(15-27(35)18-47)28-20-49-38(19-48)50-21-28/h3-17,20-21H,1-2H3. The molecule has 0 spiro atoms. The molecule has 7 aromatic rings.